The average molecular weight is 227 g/mol. The van der Waals surface area contributed by atoms with Crippen molar-refractivity contribution in [2.75, 3.05) is 13.1 Å². The molecule has 0 aromatic carbocycles. The van der Waals surface area contributed by atoms with Crippen molar-refractivity contribution < 1.29 is 15.0 Å². The molecule has 0 saturated carbocycles. The molecule has 0 radical (unpaired) electrons. The normalized spacial score (nSPS) is 26.5. The molecule has 4 nitrogen and oxygen atoms in total. The standard InChI is InChI=1S/C10H13NO3S/c12-9(13)7-2-5-15-8(7)10(14)3-1-4-11-6-10/h2,5,11,14H,1,3-4,6H2,(H,12,13). The molecule has 2 rings (SSSR count). The number of carbonyl (C=O) groups is 1. The first-order valence-corrected chi connectivity index (χ1v) is 5.76. The second kappa shape index (κ2) is 3.92. The zero-order valence-electron chi connectivity index (χ0n) is 8.19. The predicted octanol–water partition coefficient (Wildman–Crippen LogP) is 1.02. The minimum atomic E-state index is -1.000. The van der Waals surface area contributed by atoms with Crippen LogP contribution in [0.25, 0.3) is 0 Å². The first-order valence-electron chi connectivity index (χ1n) is 4.88. The van der Waals surface area contributed by atoms with Crippen molar-refractivity contribution in [3.05, 3.63) is 21.9 Å². The molecule has 1 atom stereocenters. The number of rotatable bonds is 2. The zero-order valence-corrected chi connectivity index (χ0v) is 9.01. The Hall–Kier alpha value is -0.910. The molecule has 1 unspecified atom stereocenters. The Kier molecular flexibility index (Phi) is 2.77. The molecule has 1 aliphatic heterocycles. The van der Waals surface area contributed by atoms with E-state index < -0.39 is 11.6 Å². The minimum Gasteiger partial charge on any atom is -0.478 e. The Bertz CT molecular complexity index is 368. The van der Waals surface area contributed by atoms with Gasteiger partial charge in [0.05, 0.1) is 10.4 Å². The summed E-state index contributed by atoms with van der Waals surface area (Å²) in [7, 11) is 0. The van der Waals surface area contributed by atoms with E-state index in [0.717, 1.165) is 13.0 Å². The highest BCUT2D eigenvalue weighted by molar-refractivity contribution is 7.10. The van der Waals surface area contributed by atoms with Crippen LogP contribution in [0.4, 0.5) is 0 Å². The van der Waals surface area contributed by atoms with Gasteiger partial charge in [-0.25, -0.2) is 4.79 Å². The molecule has 0 spiro atoms. The van der Waals surface area contributed by atoms with Gasteiger partial charge in [-0.1, -0.05) is 0 Å². The minimum absolute atomic E-state index is 0.228. The van der Waals surface area contributed by atoms with Gasteiger partial charge >= 0.3 is 5.97 Å². The van der Waals surface area contributed by atoms with Gasteiger partial charge in [-0.05, 0) is 30.8 Å². The van der Waals surface area contributed by atoms with E-state index in [-0.39, 0.29) is 5.56 Å². The van der Waals surface area contributed by atoms with E-state index >= 15 is 0 Å². The molecule has 1 aromatic heterocycles. The van der Waals surface area contributed by atoms with Gasteiger partial charge in [0, 0.05) is 6.54 Å². The van der Waals surface area contributed by atoms with E-state index in [1.807, 2.05) is 0 Å². The summed E-state index contributed by atoms with van der Waals surface area (Å²) in [4.78, 5) is 11.5. The van der Waals surface area contributed by atoms with Crippen molar-refractivity contribution in [1.82, 2.24) is 5.32 Å². The Morgan fingerprint density at radius 3 is 3.00 bits per heavy atom. The van der Waals surface area contributed by atoms with E-state index in [2.05, 4.69) is 5.32 Å². The van der Waals surface area contributed by atoms with Crippen molar-refractivity contribution in [3.63, 3.8) is 0 Å². The fourth-order valence-corrected chi connectivity index (χ4v) is 2.94. The highest BCUT2D eigenvalue weighted by Crippen LogP contribution is 2.34. The summed E-state index contributed by atoms with van der Waals surface area (Å²) in [5, 5.41) is 24.1. The summed E-state index contributed by atoms with van der Waals surface area (Å²) < 4.78 is 0. The lowest BCUT2D eigenvalue weighted by Crippen LogP contribution is -2.43. The van der Waals surface area contributed by atoms with Crippen LogP contribution in [0.3, 0.4) is 0 Å². The van der Waals surface area contributed by atoms with E-state index in [1.165, 1.54) is 11.3 Å². The van der Waals surface area contributed by atoms with Gasteiger partial charge in [-0.15, -0.1) is 11.3 Å². The lowest BCUT2D eigenvalue weighted by molar-refractivity contribution is 0.0142. The third kappa shape index (κ3) is 1.90. The molecule has 0 aliphatic carbocycles. The maximum atomic E-state index is 10.9. The number of thiophene rings is 1. The first-order chi connectivity index (χ1) is 7.13. The predicted molar refractivity (Wildman–Crippen MR) is 57.3 cm³/mol. The fourth-order valence-electron chi connectivity index (χ4n) is 1.92. The quantitative estimate of drug-likeness (QED) is 0.705. The summed E-state index contributed by atoms with van der Waals surface area (Å²) in [6, 6.07) is 1.55. The number of carboxylic acids is 1. The van der Waals surface area contributed by atoms with Crippen LogP contribution in [0.5, 0.6) is 0 Å². The second-order valence-corrected chi connectivity index (χ2v) is 4.70. The first kappa shape index (κ1) is 10.6. The smallest absolute Gasteiger partial charge is 0.336 e. The number of piperidine rings is 1. The van der Waals surface area contributed by atoms with Gasteiger partial charge in [0.15, 0.2) is 0 Å². The maximum absolute atomic E-state index is 10.9. The molecule has 1 aliphatic rings. The number of aromatic carboxylic acids is 1. The van der Waals surface area contributed by atoms with Crippen LogP contribution < -0.4 is 5.32 Å². The Balaban J connectivity index is 2.34. The maximum Gasteiger partial charge on any atom is 0.336 e. The molecule has 15 heavy (non-hydrogen) atoms. The van der Waals surface area contributed by atoms with Crippen LogP contribution in [0.2, 0.25) is 0 Å². The molecule has 2 heterocycles. The lowest BCUT2D eigenvalue weighted by Gasteiger charge is -2.32. The number of β-amino-alcohol motifs (C(OH)–C–C–N with tert-alkyl or cyclic N) is 1. The SMILES string of the molecule is O=C(O)c1ccsc1C1(O)CCCNC1. The van der Waals surface area contributed by atoms with Crippen LogP contribution in [-0.4, -0.2) is 29.3 Å². The van der Waals surface area contributed by atoms with Crippen LogP contribution >= 0.6 is 11.3 Å². The van der Waals surface area contributed by atoms with Crippen molar-refractivity contribution in [1.29, 1.82) is 0 Å². The number of hydrogen-bond acceptors (Lipinski definition) is 4. The van der Waals surface area contributed by atoms with E-state index in [0.29, 0.717) is 17.8 Å². The van der Waals surface area contributed by atoms with Crippen LogP contribution in [0.15, 0.2) is 11.4 Å². The molecular weight excluding hydrogens is 214 g/mol. The Morgan fingerprint density at radius 2 is 2.40 bits per heavy atom. The summed E-state index contributed by atoms with van der Waals surface area (Å²) >= 11 is 1.31. The van der Waals surface area contributed by atoms with Gasteiger partial charge in [-0.3, -0.25) is 0 Å². The second-order valence-electron chi connectivity index (χ2n) is 3.78. The van der Waals surface area contributed by atoms with Crippen molar-refractivity contribution in [3.8, 4) is 0 Å². The van der Waals surface area contributed by atoms with Crippen molar-refractivity contribution >= 4 is 17.3 Å². The van der Waals surface area contributed by atoms with Crippen LogP contribution in [-0.2, 0) is 5.60 Å². The summed E-state index contributed by atoms with van der Waals surface area (Å²) in [5.41, 5.74) is -0.772. The average Bonchev–Trinajstić information content (AvgIpc) is 2.67. The molecule has 1 aromatic rings. The highest BCUT2D eigenvalue weighted by atomic mass is 32.1. The number of carboxylic acid groups (broad SMARTS) is 1. The van der Waals surface area contributed by atoms with Gasteiger partial charge in [-0.2, -0.15) is 0 Å². The molecule has 0 amide bonds. The van der Waals surface area contributed by atoms with Gasteiger partial charge < -0.3 is 15.5 Å². The topological polar surface area (TPSA) is 69.6 Å². The summed E-state index contributed by atoms with van der Waals surface area (Å²) in [6.07, 6.45) is 1.49. The molecule has 1 fully saturated rings. The molecule has 82 valence electrons. The van der Waals surface area contributed by atoms with Crippen molar-refractivity contribution in [2.45, 2.75) is 18.4 Å². The van der Waals surface area contributed by atoms with Gasteiger partial charge in [0.1, 0.15) is 5.60 Å². The third-order valence-electron chi connectivity index (χ3n) is 2.68. The number of hydrogen-bond donors (Lipinski definition) is 3. The summed E-state index contributed by atoms with van der Waals surface area (Å²) in [6.45, 7) is 1.32. The molecule has 3 N–H and O–H groups in total. The van der Waals surface area contributed by atoms with Gasteiger partial charge in [0.2, 0.25) is 0 Å². The third-order valence-corrected chi connectivity index (χ3v) is 3.79. The number of aliphatic hydroxyl groups is 1. The molecule has 0 bridgehead atoms. The van der Waals surface area contributed by atoms with E-state index in [4.69, 9.17) is 5.11 Å². The van der Waals surface area contributed by atoms with E-state index in [9.17, 15) is 9.90 Å². The Labute approximate surface area is 91.6 Å². The molecule has 1 saturated heterocycles. The molecule has 5 heteroatoms. The van der Waals surface area contributed by atoms with Crippen LogP contribution in [0.1, 0.15) is 28.1 Å². The van der Waals surface area contributed by atoms with Crippen molar-refractivity contribution in [2.24, 2.45) is 0 Å². The van der Waals surface area contributed by atoms with Gasteiger partial charge in [0.25, 0.3) is 0 Å². The largest absolute Gasteiger partial charge is 0.478 e. The zero-order chi connectivity index (χ0) is 10.9. The fraction of sp³-hybridized carbons (Fsp3) is 0.500. The monoisotopic (exact) mass is 227 g/mol. The summed E-state index contributed by atoms with van der Waals surface area (Å²) in [5.74, 6) is -0.967. The molecular formula is C10H13NO3S. The lowest BCUT2D eigenvalue weighted by atomic mass is 9.90. The van der Waals surface area contributed by atoms with E-state index in [1.54, 1.807) is 11.4 Å². The Morgan fingerprint density at radius 1 is 1.60 bits per heavy atom. The highest BCUT2D eigenvalue weighted by Gasteiger charge is 2.35. The number of nitrogens with one attached hydrogen (secondary N) is 1. The van der Waals surface area contributed by atoms with Crippen LogP contribution in [0, 0.1) is 0 Å².